The summed E-state index contributed by atoms with van der Waals surface area (Å²) < 4.78 is 0. The summed E-state index contributed by atoms with van der Waals surface area (Å²) in [7, 11) is 0. The van der Waals surface area contributed by atoms with Crippen molar-refractivity contribution in [2.75, 3.05) is 6.54 Å². The van der Waals surface area contributed by atoms with E-state index >= 15 is 0 Å². The number of carbonyl (C=O) groups is 1. The van der Waals surface area contributed by atoms with Gasteiger partial charge < -0.3 is 17.2 Å². The van der Waals surface area contributed by atoms with E-state index in [0.717, 1.165) is 19.3 Å². The summed E-state index contributed by atoms with van der Waals surface area (Å²) in [5.41, 5.74) is 17.5. The predicted molar refractivity (Wildman–Crippen MR) is 51.5 cm³/mol. The number of rotatable bonds is 6. The van der Waals surface area contributed by atoms with Crippen LogP contribution in [0.15, 0.2) is 5.10 Å². The number of carbonyl (C=O) groups excluding carboxylic acids is 1. The molecule has 0 saturated carbocycles. The Morgan fingerprint density at radius 1 is 1.23 bits per heavy atom. The second-order valence-electron chi connectivity index (χ2n) is 2.67. The van der Waals surface area contributed by atoms with E-state index in [4.69, 9.17) is 17.2 Å². The fourth-order valence-corrected chi connectivity index (χ4v) is 0.789. The first-order chi connectivity index (χ1) is 6.16. The lowest BCUT2D eigenvalue weighted by Gasteiger charge is -1.99. The van der Waals surface area contributed by atoms with Crippen molar-refractivity contribution < 1.29 is 4.79 Å². The third kappa shape index (κ3) is 8.61. The smallest absolute Gasteiger partial charge is 0.240 e. The van der Waals surface area contributed by atoms with Crippen LogP contribution in [0.25, 0.3) is 0 Å². The third-order valence-electron chi connectivity index (χ3n) is 1.42. The molecule has 0 radical (unpaired) electrons. The molecular weight excluding hydrogens is 170 g/mol. The number of nitrogens with one attached hydrogen (secondary N) is 1. The number of nitrogens with zero attached hydrogens (tertiary/aromatic N) is 1. The van der Waals surface area contributed by atoms with Gasteiger partial charge in [-0.15, -0.1) is 5.10 Å². The number of hydrogen-bond donors (Lipinski definition) is 4. The molecule has 0 atom stereocenters. The Bertz CT molecular complexity index is 176. The summed E-state index contributed by atoms with van der Waals surface area (Å²) in [5, 5.41) is 3.37. The molecule has 1 amide bonds. The van der Waals surface area contributed by atoms with Gasteiger partial charge in [0.25, 0.3) is 0 Å². The van der Waals surface area contributed by atoms with Crippen molar-refractivity contribution in [3.63, 3.8) is 0 Å². The molecule has 0 bridgehead atoms. The van der Waals surface area contributed by atoms with Crippen molar-refractivity contribution in [2.45, 2.75) is 25.7 Å². The van der Waals surface area contributed by atoms with Crippen LogP contribution >= 0.6 is 0 Å². The first kappa shape index (κ1) is 11.7. The Hall–Kier alpha value is -1.30. The Morgan fingerprint density at radius 3 is 2.46 bits per heavy atom. The number of unbranched alkanes of at least 4 members (excludes halogenated alkanes) is 2. The molecule has 0 heterocycles. The van der Waals surface area contributed by atoms with Crippen molar-refractivity contribution in [3.05, 3.63) is 0 Å². The lowest BCUT2D eigenvalue weighted by molar-refractivity contribution is -0.121. The standard InChI is InChI=1S/C7H17N5O/c8-5-3-1-2-4-6(13)11-12-7(9)10/h1-5,8H2,(H,11,13)(H4,9,10,12). The highest BCUT2D eigenvalue weighted by atomic mass is 16.2. The highest BCUT2D eigenvalue weighted by Gasteiger charge is 1.98. The van der Waals surface area contributed by atoms with Gasteiger partial charge in [0.2, 0.25) is 11.9 Å². The van der Waals surface area contributed by atoms with Gasteiger partial charge in [0.05, 0.1) is 0 Å². The van der Waals surface area contributed by atoms with E-state index < -0.39 is 0 Å². The minimum atomic E-state index is -0.176. The van der Waals surface area contributed by atoms with Gasteiger partial charge in [-0.05, 0) is 19.4 Å². The average molecular weight is 187 g/mol. The van der Waals surface area contributed by atoms with Crippen molar-refractivity contribution in [1.29, 1.82) is 0 Å². The van der Waals surface area contributed by atoms with E-state index in [9.17, 15) is 4.79 Å². The van der Waals surface area contributed by atoms with Crippen molar-refractivity contribution >= 4 is 11.9 Å². The van der Waals surface area contributed by atoms with Crippen molar-refractivity contribution in [2.24, 2.45) is 22.3 Å². The number of hydrazone groups is 1. The zero-order valence-electron chi connectivity index (χ0n) is 7.62. The predicted octanol–water partition coefficient (Wildman–Crippen LogP) is -1.19. The molecule has 0 fully saturated rings. The summed E-state index contributed by atoms with van der Waals surface area (Å²) in [5.74, 6) is -0.319. The van der Waals surface area contributed by atoms with Gasteiger partial charge in [-0.25, -0.2) is 5.43 Å². The van der Waals surface area contributed by atoms with Crippen LogP contribution in [0, 0.1) is 0 Å². The lowest BCUT2D eigenvalue weighted by atomic mass is 10.2. The van der Waals surface area contributed by atoms with Crippen molar-refractivity contribution in [3.8, 4) is 0 Å². The lowest BCUT2D eigenvalue weighted by Crippen LogP contribution is -2.28. The van der Waals surface area contributed by atoms with E-state index in [1.807, 2.05) is 0 Å². The van der Waals surface area contributed by atoms with Crippen LogP contribution in [-0.2, 0) is 4.79 Å². The quantitative estimate of drug-likeness (QED) is 0.181. The average Bonchev–Trinajstić information content (AvgIpc) is 2.09. The molecular formula is C7H17N5O. The SMILES string of the molecule is NCCCCCC(=O)NN=C(N)N. The molecule has 0 aliphatic rings. The first-order valence-electron chi connectivity index (χ1n) is 4.24. The van der Waals surface area contributed by atoms with E-state index in [1.54, 1.807) is 0 Å². The molecule has 0 saturated heterocycles. The molecule has 0 aromatic carbocycles. The van der Waals surface area contributed by atoms with E-state index in [1.165, 1.54) is 0 Å². The van der Waals surface area contributed by atoms with Gasteiger partial charge in [-0.1, -0.05) is 6.42 Å². The molecule has 7 N–H and O–H groups in total. The Morgan fingerprint density at radius 2 is 1.92 bits per heavy atom. The van der Waals surface area contributed by atoms with E-state index in [2.05, 4.69) is 10.5 Å². The molecule has 13 heavy (non-hydrogen) atoms. The molecule has 0 aliphatic heterocycles. The highest BCUT2D eigenvalue weighted by Crippen LogP contribution is 1.97. The Balaban J connectivity index is 3.36. The molecule has 0 rings (SSSR count). The summed E-state index contributed by atoms with van der Waals surface area (Å²) in [4.78, 5) is 11.0. The molecule has 6 heteroatoms. The van der Waals surface area contributed by atoms with Gasteiger partial charge in [0.1, 0.15) is 0 Å². The summed E-state index contributed by atoms with van der Waals surface area (Å²) in [6.07, 6.45) is 3.13. The minimum absolute atomic E-state index is 0.143. The monoisotopic (exact) mass is 187 g/mol. The second-order valence-corrected chi connectivity index (χ2v) is 2.67. The zero-order valence-corrected chi connectivity index (χ0v) is 7.62. The maximum absolute atomic E-state index is 11.0. The minimum Gasteiger partial charge on any atom is -0.369 e. The van der Waals surface area contributed by atoms with Crippen LogP contribution in [-0.4, -0.2) is 18.4 Å². The van der Waals surface area contributed by atoms with Crippen LogP contribution in [0.1, 0.15) is 25.7 Å². The molecule has 0 unspecified atom stereocenters. The van der Waals surface area contributed by atoms with Crippen LogP contribution < -0.4 is 22.6 Å². The van der Waals surface area contributed by atoms with Gasteiger partial charge in [0.15, 0.2) is 0 Å². The molecule has 0 spiro atoms. The normalized spacial score (nSPS) is 9.31. The second kappa shape index (κ2) is 7.35. The maximum atomic E-state index is 11.0. The number of hydrogen-bond acceptors (Lipinski definition) is 3. The molecule has 76 valence electrons. The fraction of sp³-hybridized carbons (Fsp3) is 0.714. The number of amides is 1. The maximum Gasteiger partial charge on any atom is 0.240 e. The van der Waals surface area contributed by atoms with Crippen LogP contribution in [0.4, 0.5) is 0 Å². The summed E-state index contributed by atoms with van der Waals surface area (Å²) >= 11 is 0. The van der Waals surface area contributed by atoms with Gasteiger partial charge in [-0.2, -0.15) is 0 Å². The summed E-state index contributed by atoms with van der Waals surface area (Å²) in [6, 6.07) is 0. The topological polar surface area (TPSA) is 120 Å². The molecule has 0 aromatic rings. The largest absolute Gasteiger partial charge is 0.369 e. The first-order valence-corrected chi connectivity index (χ1v) is 4.24. The van der Waals surface area contributed by atoms with E-state index in [0.29, 0.717) is 13.0 Å². The van der Waals surface area contributed by atoms with E-state index in [-0.39, 0.29) is 11.9 Å². The fourth-order valence-electron chi connectivity index (χ4n) is 0.789. The highest BCUT2D eigenvalue weighted by molar-refractivity contribution is 5.80. The zero-order chi connectivity index (χ0) is 10.1. The molecule has 0 aliphatic carbocycles. The van der Waals surface area contributed by atoms with Gasteiger partial charge >= 0.3 is 0 Å². The van der Waals surface area contributed by atoms with Crippen LogP contribution in [0.5, 0.6) is 0 Å². The Labute approximate surface area is 77.5 Å². The van der Waals surface area contributed by atoms with Gasteiger partial charge in [-0.3, -0.25) is 4.79 Å². The molecule has 6 nitrogen and oxygen atoms in total. The number of nitrogens with two attached hydrogens (primary N) is 3. The van der Waals surface area contributed by atoms with Crippen LogP contribution in [0.2, 0.25) is 0 Å². The Kier molecular flexibility index (Phi) is 6.62. The van der Waals surface area contributed by atoms with Crippen molar-refractivity contribution in [1.82, 2.24) is 5.43 Å². The molecule has 0 aromatic heterocycles. The third-order valence-corrected chi connectivity index (χ3v) is 1.42. The number of guanidine groups is 1. The summed E-state index contributed by atoms with van der Waals surface area (Å²) in [6.45, 7) is 0.662. The van der Waals surface area contributed by atoms with Gasteiger partial charge in [0, 0.05) is 6.42 Å². The van der Waals surface area contributed by atoms with Crippen LogP contribution in [0.3, 0.4) is 0 Å².